The van der Waals surface area contributed by atoms with E-state index in [1.165, 1.54) is 17.5 Å². The van der Waals surface area contributed by atoms with Crippen LogP contribution in [0.3, 0.4) is 0 Å². The summed E-state index contributed by atoms with van der Waals surface area (Å²) in [5.41, 5.74) is 7.45. The monoisotopic (exact) mass is 272 g/mol. The molecule has 2 aromatic rings. The largest absolute Gasteiger partial charge is 0.394 e. The lowest BCUT2D eigenvalue weighted by Gasteiger charge is -2.08. The van der Waals surface area contributed by atoms with Crippen LogP contribution in [-0.2, 0) is 6.54 Å². The van der Waals surface area contributed by atoms with Crippen molar-refractivity contribution in [1.82, 2.24) is 14.8 Å². The molecule has 0 unspecified atom stereocenters. The molecule has 106 valence electrons. The summed E-state index contributed by atoms with van der Waals surface area (Å²) in [5, 5.41) is 4.40. The smallest absolute Gasteiger partial charge is 0.289 e. The van der Waals surface area contributed by atoms with Gasteiger partial charge in [0.2, 0.25) is 0 Å². The second kappa shape index (κ2) is 6.84. The number of nitrogens with zero attached hydrogens (tertiary/aromatic N) is 3. The molecule has 5 nitrogen and oxygen atoms in total. The van der Waals surface area contributed by atoms with Crippen LogP contribution in [0.5, 0.6) is 0 Å². The Hall–Kier alpha value is -2.17. The van der Waals surface area contributed by atoms with Gasteiger partial charge in [-0.15, -0.1) is 0 Å². The van der Waals surface area contributed by atoms with E-state index in [2.05, 4.69) is 17.0 Å². The van der Waals surface area contributed by atoms with E-state index >= 15 is 0 Å². The zero-order valence-corrected chi connectivity index (χ0v) is 11.7. The van der Waals surface area contributed by atoms with Crippen molar-refractivity contribution in [3.8, 4) is 11.3 Å². The van der Waals surface area contributed by atoms with Crippen molar-refractivity contribution < 1.29 is 0 Å². The van der Waals surface area contributed by atoms with Gasteiger partial charge in [0.05, 0.1) is 5.69 Å². The van der Waals surface area contributed by atoms with Crippen molar-refractivity contribution in [3.63, 3.8) is 0 Å². The van der Waals surface area contributed by atoms with E-state index in [0.29, 0.717) is 12.2 Å². The number of anilines is 1. The molecule has 0 aliphatic carbocycles. The average molecular weight is 272 g/mol. The second-order valence-electron chi connectivity index (χ2n) is 4.81. The number of nitrogens with two attached hydrogens (primary N) is 1. The third kappa shape index (κ3) is 3.44. The molecular weight excluding hydrogens is 252 g/mol. The van der Waals surface area contributed by atoms with Gasteiger partial charge in [-0.05, 0) is 24.6 Å². The SMILES string of the molecule is CCCCCCn1nc(-c2ccncc2)cc(N)c1=O. The first kappa shape index (κ1) is 14.2. The number of aryl methyl sites for hydroxylation is 1. The summed E-state index contributed by atoms with van der Waals surface area (Å²) in [4.78, 5) is 16.0. The highest BCUT2D eigenvalue weighted by molar-refractivity contribution is 5.61. The first-order chi connectivity index (χ1) is 9.72. The van der Waals surface area contributed by atoms with Gasteiger partial charge in [-0.2, -0.15) is 5.10 Å². The molecule has 2 heterocycles. The summed E-state index contributed by atoms with van der Waals surface area (Å²) in [7, 11) is 0. The molecule has 0 fully saturated rings. The maximum atomic E-state index is 12.0. The normalized spacial score (nSPS) is 10.7. The van der Waals surface area contributed by atoms with Crippen LogP contribution in [0.1, 0.15) is 32.6 Å². The van der Waals surface area contributed by atoms with Crippen LogP contribution >= 0.6 is 0 Å². The summed E-state index contributed by atoms with van der Waals surface area (Å²) < 4.78 is 1.47. The summed E-state index contributed by atoms with van der Waals surface area (Å²) >= 11 is 0. The lowest BCUT2D eigenvalue weighted by Crippen LogP contribution is -2.26. The van der Waals surface area contributed by atoms with E-state index in [9.17, 15) is 4.79 Å². The van der Waals surface area contributed by atoms with Crippen LogP contribution < -0.4 is 11.3 Å². The summed E-state index contributed by atoms with van der Waals surface area (Å²) in [5.74, 6) is 0. The van der Waals surface area contributed by atoms with Crippen LogP contribution in [0.2, 0.25) is 0 Å². The predicted octanol–water partition coefficient (Wildman–Crippen LogP) is 2.47. The third-order valence-electron chi connectivity index (χ3n) is 3.20. The predicted molar refractivity (Wildman–Crippen MR) is 80.3 cm³/mol. The number of hydrogen-bond donors (Lipinski definition) is 1. The van der Waals surface area contributed by atoms with Crippen molar-refractivity contribution in [3.05, 3.63) is 40.9 Å². The molecule has 2 rings (SSSR count). The van der Waals surface area contributed by atoms with Gasteiger partial charge < -0.3 is 5.73 Å². The molecule has 0 aliphatic heterocycles. The zero-order chi connectivity index (χ0) is 14.4. The molecule has 0 amide bonds. The van der Waals surface area contributed by atoms with Gasteiger partial charge in [0.25, 0.3) is 5.56 Å². The minimum absolute atomic E-state index is 0.209. The Labute approximate surface area is 118 Å². The Kier molecular flexibility index (Phi) is 4.87. The second-order valence-corrected chi connectivity index (χ2v) is 4.81. The maximum absolute atomic E-state index is 12.0. The fraction of sp³-hybridized carbons (Fsp3) is 0.400. The van der Waals surface area contributed by atoms with E-state index < -0.39 is 0 Å². The highest BCUT2D eigenvalue weighted by atomic mass is 16.1. The van der Waals surface area contributed by atoms with Crippen LogP contribution in [0.15, 0.2) is 35.4 Å². The molecule has 0 bridgehead atoms. The molecule has 0 radical (unpaired) electrons. The molecule has 2 aromatic heterocycles. The topological polar surface area (TPSA) is 73.8 Å². The first-order valence-electron chi connectivity index (χ1n) is 7.00. The van der Waals surface area contributed by atoms with E-state index in [-0.39, 0.29) is 11.2 Å². The number of aromatic nitrogens is 3. The molecule has 0 atom stereocenters. The standard InChI is InChI=1S/C15H20N4O/c1-2-3-4-5-10-19-15(20)13(16)11-14(18-19)12-6-8-17-9-7-12/h6-9,11H,2-5,10,16H2,1H3. The molecule has 2 N–H and O–H groups in total. The molecular formula is C15H20N4O. The first-order valence-corrected chi connectivity index (χ1v) is 7.00. The van der Waals surface area contributed by atoms with Gasteiger partial charge in [0.1, 0.15) is 5.69 Å². The Morgan fingerprint density at radius 3 is 2.65 bits per heavy atom. The van der Waals surface area contributed by atoms with Crippen molar-refractivity contribution in [2.45, 2.75) is 39.2 Å². The van der Waals surface area contributed by atoms with Crippen LogP contribution in [-0.4, -0.2) is 14.8 Å². The average Bonchev–Trinajstić information content (AvgIpc) is 2.48. The molecule has 0 aliphatic rings. The number of hydrogen-bond acceptors (Lipinski definition) is 4. The van der Waals surface area contributed by atoms with Crippen molar-refractivity contribution in [2.24, 2.45) is 0 Å². The summed E-state index contributed by atoms with van der Waals surface area (Å²) in [6, 6.07) is 5.33. The van der Waals surface area contributed by atoms with Crippen LogP contribution in [0.4, 0.5) is 5.69 Å². The van der Waals surface area contributed by atoms with E-state index in [1.54, 1.807) is 18.5 Å². The van der Waals surface area contributed by atoms with Crippen molar-refractivity contribution in [1.29, 1.82) is 0 Å². The number of pyridine rings is 1. The molecule has 0 spiro atoms. The Morgan fingerprint density at radius 1 is 1.20 bits per heavy atom. The quantitative estimate of drug-likeness (QED) is 0.820. The van der Waals surface area contributed by atoms with E-state index in [0.717, 1.165) is 18.4 Å². The van der Waals surface area contributed by atoms with E-state index in [1.807, 2.05) is 12.1 Å². The molecule has 0 aromatic carbocycles. The van der Waals surface area contributed by atoms with Gasteiger partial charge in [-0.1, -0.05) is 26.2 Å². The van der Waals surface area contributed by atoms with Gasteiger partial charge in [0, 0.05) is 24.5 Å². The Balaban J connectivity index is 2.24. The number of nitrogen functional groups attached to an aromatic ring is 1. The van der Waals surface area contributed by atoms with Crippen LogP contribution in [0, 0.1) is 0 Å². The Morgan fingerprint density at radius 2 is 1.95 bits per heavy atom. The van der Waals surface area contributed by atoms with E-state index in [4.69, 9.17) is 5.73 Å². The third-order valence-corrected chi connectivity index (χ3v) is 3.20. The molecule has 20 heavy (non-hydrogen) atoms. The van der Waals surface area contributed by atoms with Crippen molar-refractivity contribution in [2.75, 3.05) is 5.73 Å². The molecule has 0 saturated carbocycles. The summed E-state index contributed by atoms with van der Waals surface area (Å²) in [6.45, 7) is 2.77. The minimum Gasteiger partial charge on any atom is -0.394 e. The number of unbranched alkanes of at least 4 members (excludes halogenated alkanes) is 3. The van der Waals surface area contributed by atoms with Crippen molar-refractivity contribution >= 4 is 5.69 Å². The van der Waals surface area contributed by atoms with Gasteiger partial charge in [-0.3, -0.25) is 9.78 Å². The molecule has 0 saturated heterocycles. The summed E-state index contributed by atoms with van der Waals surface area (Å²) in [6.07, 6.45) is 7.79. The number of rotatable bonds is 6. The maximum Gasteiger partial charge on any atom is 0.289 e. The minimum atomic E-state index is -0.209. The highest BCUT2D eigenvalue weighted by Gasteiger charge is 2.07. The molecule has 5 heteroatoms. The zero-order valence-electron chi connectivity index (χ0n) is 11.7. The van der Waals surface area contributed by atoms with Crippen LogP contribution in [0.25, 0.3) is 11.3 Å². The fourth-order valence-electron chi connectivity index (χ4n) is 2.07. The lowest BCUT2D eigenvalue weighted by molar-refractivity contribution is 0.522. The van der Waals surface area contributed by atoms with Gasteiger partial charge in [-0.25, -0.2) is 4.68 Å². The highest BCUT2D eigenvalue weighted by Crippen LogP contribution is 2.15. The Bertz CT molecular complexity index is 607. The lowest BCUT2D eigenvalue weighted by atomic mass is 10.2. The fourth-order valence-corrected chi connectivity index (χ4v) is 2.07. The van der Waals surface area contributed by atoms with Gasteiger partial charge in [0.15, 0.2) is 0 Å². The van der Waals surface area contributed by atoms with Gasteiger partial charge >= 0.3 is 0 Å².